The van der Waals surface area contributed by atoms with Gasteiger partial charge in [0.1, 0.15) is 5.82 Å². The lowest BCUT2D eigenvalue weighted by molar-refractivity contribution is -0.124. The molecule has 0 saturated carbocycles. The van der Waals surface area contributed by atoms with E-state index in [1.807, 2.05) is 0 Å². The zero-order valence-corrected chi connectivity index (χ0v) is 17.5. The van der Waals surface area contributed by atoms with Crippen molar-refractivity contribution in [2.24, 2.45) is 0 Å². The molecule has 10 heteroatoms. The van der Waals surface area contributed by atoms with Crippen LogP contribution in [0.15, 0.2) is 47.4 Å². The number of halogens is 2. The van der Waals surface area contributed by atoms with Gasteiger partial charge in [-0.15, -0.1) is 0 Å². The maximum atomic E-state index is 13.6. The number of hydrogen-bond donors (Lipinski definition) is 1. The van der Waals surface area contributed by atoms with E-state index in [2.05, 4.69) is 5.32 Å². The van der Waals surface area contributed by atoms with Crippen LogP contribution in [0, 0.1) is 5.82 Å². The standard InChI is InChI=1S/C20H20ClFN2O5S/c21-17-8-7-15(30(27,28)24-9-3-4-10-24)11-16(17)20(26)29-13-19(25)23-12-14-5-1-2-6-18(14)22/h1-2,5-8,11H,3-4,9-10,12-13H2,(H,23,25). The lowest BCUT2D eigenvalue weighted by Crippen LogP contribution is -2.29. The summed E-state index contributed by atoms with van der Waals surface area (Å²) in [5.74, 6) is -2.03. The van der Waals surface area contributed by atoms with Gasteiger partial charge in [0, 0.05) is 25.2 Å². The summed E-state index contributed by atoms with van der Waals surface area (Å²) in [5.41, 5.74) is 0.138. The van der Waals surface area contributed by atoms with Gasteiger partial charge < -0.3 is 10.1 Å². The van der Waals surface area contributed by atoms with E-state index in [4.69, 9.17) is 16.3 Å². The maximum absolute atomic E-state index is 13.6. The normalized spacial score (nSPS) is 14.5. The molecule has 1 amide bonds. The topological polar surface area (TPSA) is 92.8 Å². The van der Waals surface area contributed by atoms with E-state index in [0.717, 1.165) is 18.9 Å². The number of benzene rings is 2. The first-order chi connectivity index (χ1) is 14.3. The van der Waals surface area contributed by atoms with Crippen LogP contribution in [0.25, 0.3) is 0 Å². The summed E-state index contributed by atoms with van der Waals surface area (Å²) in [5, 5.41) is 2.45. The SMILES string of the molecule is O=C(COC(=O)c1cc(S(=O)(=O)N2CCCC2)ccc1Cl)NCc1ccccc1F. The van der Waals surface area contributed by atoms with E-state index < -0.39 is 34.3 Å². The largest absolute Gasteiger partial charge is 0.452 e. The van der Waals surface area contributed by atoms with E-state index in [1.54, 1.807) is 6.07 Å². The Hall–Kier alpha value is -2.49. The molecule has 0 atom stereocenters. The first-order valence-corrected chi connectivity index (χ1v) is 11.1. The van der Waals surface area contributed by atoms with Gasteiger partial charge in [0.2, 0.25) is 10.0 Å². The predicted octanol–water partition coefficient (Wildman–Crippen LogP) is 2.74. The fourth-order valence-corrected chi connectivity index (χ4v) is 4.73. The minimum atomic E-state index is -3.73. The molecule has 1 aliphatic heterocycles. The molecule has 2 aromatic rings. The molecule has 1 aliphatic rings. The van der Waals surface area contributed by atoms with Gasteiger partial charge in [-0.25, -0.2) is 17.6 Å². The second-order valence-electron chi connectivity index (χ2n) is 6.70. The van der Waals surface area contributed by atoms with Crippen LogP contribution in [0.5, 0.6) is 0 Å². The van der Waals surface area contributed by atoms with Crippen molar-refractivity contribution in [2.75, 3.05) is 19.7 Å². The fraction of sp³-hybridized carbons (Fsp3) is 0.300. The number of amides is 1. The highest BCUT2D eigenvalue weighted by atomic mass is 35.5. The zero-order valence-electron chi connectivity index (χ0n) is 15.9. The lowest BCUT2D eigenvalue weighted by atomic mass is 10.2. The molecule has 0 radical (unpaired) electrons. The molecule has 7 nitrogen and oxygen atoms in total. The first-order valence-electron chi connectivity index (χ1n) is 9.26. The highest BCUT2D eigenvalue weighted by Gasteiger charge is 2.28. The van der Waals surface area contributed by atoms with E-state index in [9.17, 15) is 22.4 Å². The van der Waals surface area contributed by atoms with Gasteiger partial charge in [0.25, 0.3) is 5.91 Å². The number of ether oxygens (including phenoxy) is 1. The average Bonchev–Trinajstić information content (AvgIpc) is 3.27. The summed E-state index contributed by atoms with van der Waals surface area (Å²) in [6, 6.07) is 9.74. The van der Waals surface area contributed by atoms with Crippen molar-refractivity contribution in [1.82, 2.24) is 9.62 Å². The smallest absolute Gasteiger partial charge is 0.340 e. The van der Waals surface area contributed by atoms with Gasteiger partial charge in [-0.1, -0.05) is 29.8 Å². The molecule has 0 spiro atoms. The molecule has 0 bridgehead atoms. The van der Waals surface area contributed by atoms with Gasteiger partial charge in [0.15, 0.2) is 6.61 Å². The number of nitrogens with zero attached hydrogens (tertiary/aromatic N) is 1. The summed E-state index contributed by atoms with van der Waals surface area (Å²) in [7, 11) is -3.73. The first kappa shape index (κ1) is 22.2. The highest BCUT2D eigenvalue weighted by molar-refractivity contribution is 7.89. The molecule has 1 fully saturated rings. The Bertz CT molecular complexity index is 1050. The molecule has 0 aliphatic carbocycles. The van der Waals surface area contributed by atoms with E-state index >= 15 is 0 Å². The third-order valence-corrected chi connectivity index (χ3v) is 6.85. The number of sulfonamides is 1. The Balaban J connectivity index is 1.62. The van der Waals surface area contributed by atoms with E-state index in [-0.39, 0.29) is 22.0 Å². The zero-order chi connectivity index (χ0) is 21.7. The van der Waals surface area contributed by atoms with Gasteiger partial charge >= 0.3 is 5.97 Å². The molecule has 2 aromatic carbocycles. The van der Waals surface area contributed by atoms with Crippen molar-refractivity contribution >= 4 is 33.5 Å². The summed E-state index contributed by atoms with van der Waals surface area (Å²) >= 11 is 6.02. The molecule has 3 rings (SSSR count). The minimum Gasteiger partial charge on any atom is -0.452 e. The Morgan fingerprint density at radius 2 is 1.83 bits per heavy atom. The van der Waals surface area contributed by atoms with E-state index in [1.165, 1.54) is 34.6 Å². The quantitative estimate of drug-likeness (QED) is 0.649. The molecular weight excluding hydrogens is 435 g/mol. The van der Waals surface area contributed by atoms with Crippen molar-refractivity contribution in [3.63, 3.8) is 0 Å². The number of rotatable bonds is 7. The van der Waals surface area contributed by atoms with Crippen LogP contribution in [0.3, 0.4) is 0 Å². The molecule has 160 valence electrons. The second-order valence-corrected chi connectivity index (χ2v) is 9.04. The summed E-state index contributed by atoms with van der Waals surface area (Å²) < 4.78 is 45.2. The van der Waals surface area contributed by atoms with Crippen molar-refractivity contribution in [1.29, 1.82) is 0 Å². The van der Waals surface area contributed by atoms with Crippen LogP contribution in [0.2, 0.25) is 5.02 Å². The van der Waals surface area contributed by atoms with Gasteiger partial charge in [-0.05, 0) is 37.1 Å². The van der Waals surface area contributed by atoms with Gasteiger partial charge in [-0.3, -0.25) is 4.79 Å². The average molecular weight is 455 g/mol. The molecule has 1 N–H and O–H groups in total. The van der Waals surface area contributed by atoms with Crippen LogP contribution in [-0.2, 0) is 26.1 Å². The molecule has 0 aromatic heterocycles. The Kier molecular flexibility index (Phi) is 7.06. The minimum absolute atomic E-state index is 0.00661. The molecule has 1 heterocycles. The predicted molar refractivity (Wildman–Crippen MR) is 108 cm³/mol. The molecule has 0 unspecified atom stereocenters. The number of nitrogens with one attached hydrogen (secondary N) is 1. The number of carbonyl (C=O) groups is 2. The third-order valence-electron chi connectivity index (χ3n) is 4.63. The Morgan fingerprint density at radius 3 is 2.53 bits per heavy atom. The van der Waals surface area contributed by atoms with Crippen LogP contribution in [0.1, 0.15) is 28.8 Å². The summed E-state index contributed by atoms with van der Waals surface area (Å²) in [6.45, 7) is 0.167. The molecule has 30 heavy (non-hydrogen) atoms. The van der Waals surface area contributed by atoms with Gasteiger partial charge in [0.05, 0.1) is 15.5 Å². The van der Waals surface area contributed by atoms with Crippen molar-refractivity contribution in [3.8, 4) is 0 Å². The van der Waals surface area contributed by atoms with Crippen molar-refractivity contribution in [3.05, 3.63) is 64.4 Å². The van der Waals surface area contributed by atoms with Crippen LogP contribution >= 0.6 is 11.6 Å². The number of esters is 1. The van der Waals surface area contributed by atoms with Gasteiger partial charge in [-0.2, -0.15) is 4.31 Å². The van der Waals surface area contributed by atoms with E-state index in [0.29, 0.717) is 18.7 Å². The van der Waals surface area contributed by atoms with Crippen LogP contribution in [0.4, 0.5) is 4.39 Å². The molecule has 1 saturated heterocycles. The summed E-state index contributed by atoms with van der Waals surface area (Å²) in [6.07, 6.45) is 1.56. The Morgan fingerprint density at radius 1 is 1.13 bits per heavy atom. The Labute approximate surface area is 178 Å². The summed E-state index contributed by atoms with van der Waals surface area (Å²) in [4.78, 5) is 24.2. The monoisotopic (exact) mass is 454 g/mol. The van der Waals surface area contributed by atoms with Crippen LogP contribution in [-0.4, -0.2) is 44.3 Å². The lowest BCUT2D eigenvalue weighted by Gasteiger charge is -2.16. The second kappa shape index (κ2) is 9.55. The van der Waals surface area contributed by atoms with Crippen molar-refractivity contribution in [2.45, 2.75) is 24.3 Å². The van der Waals surface area contributed by atoms with Crippen LogP contribution < -0.4 is 5.32 Å². The van der Waals surface area contributed by atoms with Crippen molar-refractivity contribution < 1.29 is 27.1 Å². The number of carbonyl (C=O) groups excluding carboxylic acids is 2. The fourth-order valence-electron chi connectivity index (χ4n) is 2.99. The molecular formula is C20H20ClFN2O5S. The maximum Gasteiger partial charge on any atom is 0.340 e. The highest BCUT2D eigenvalue weighted by Crippen LogP contribution is 2.25. The third kappa shape index (κ3) is 5.16. The number of hydrogen-bond acceptors (Lipinski definition) is 5.